The molecule has 1 saturated heterocycles. The summed E-state index contributed by atoms with van der Waals surface area (Å²) in [5.41, 5.74) is -0.484. The van der Waals surface area contributed by atoms with Crippen molar-refractivity contribution in [2.75, 3.05) is 13.1 Å². The molecule has 0 spiro atoms. The third-order valence-corrected chi connectivity index (χ3v) is 3.29. The molecular weight excluding hydrogens is 234 g/mol. The zero-order valence-corrected chi connectivity index (χ0v) is 11.6. The van der Waals surface area contributed by atoms with Gasteiger partial charge in [-0.1, -0.05) is 6.92 Å². The van der Waals surface area contributed by atoms with Gasteiger partial charge in [-0.05, 0) is 39.5 Å². The van der Waals surface area contributed by atoms with E-state index in [1.54, 1.807) is 11.8 Å². The minimum Gasteiger partial charge on any atom is -0.481 e. The van der Waals surface area contributed by atoms with Crippen LogP contribution in [-0.2, 0) is 9.53 Å². The molecule has 1 rings (SSSR count). The molecule has 1 aliphatic heterocycles. The van der Waals surface area contributed by atoms with E-state index in [2.05, 4.69) is 0 Å². The van der Waals surface area contributed by atoms with E-state index in [1.165, 1.54) is 0 Å². The van der Waals surface area contributed by atoms with Gasteiger partial charge in [-0.15, -0.1) is 0 Å². The summed E-state index contributed by atoms with van der Waals surface area (Å²) in [6.07, 6.45) is 1.16. The van der Waals surface area contributed by atoms with Crippen molar-refractivity contribution in [3.63, 3.8) is 0 Å². The van der Waals surface area contributed by atoms with Crippen molar-refractivity contribution >= 4 is 12.1 Å². The second-order valence-corrected chi connectivity index (χ2v) is 5.93. The van der Waals surface area contributed by atoms with Crippen LogP contribution in [0.5, 0.6) is 0 Å². The van der Waals surface area contributed by atoms with Crippen molar-refractivity contribution in [2.45, 2.75) is 46.1 Å². The predicted molar refractivity (Wildman–Crippen MR) is 67.3 cm³/mol. The molecule has 1 unspecified atom stereocenters. The quantitative estimate of drug-likeness (QED) is 0.824. The molecule has 5 nitrogen and oxygen atoms in total. The standard InChI is InChI=1S/C13H23NO4/c1-9(11(15)16)10-5-7-14(8-6-10)12(17)18-13(2,3)4/h9-10H,5-8H2,1-4H3,(H,15,16). The summed E-state index contributed by atoms with van der Waals surface area (Å²) in [6.45, 7) is 8.41. The van der Waals surface area contributed by atoms with Crippen LogP contribution in [0.1, 0.15) is 40.5 Å². The van der Waals surface area contributed by atoms with E-state index in [1.807, 2.05) is 20.8 Å². The summed E-state index contributed by atoms with van der Waals surface area (Å²) >= 11 is 0. The summed E-state index contributed by atoms with van der Waals surface area (Å²) in [5.74, 6) is -0.947. The molecule has 0 aromatic heterocycles. The second-order valence-electron chi connectivity index (χ2n) is 5.93. The van der Waals surface area contributed by atoms with Gasteiger partial charge in [-0.3, -0.25) is 4.79 Å². The van der Waals surface area contributed by atoms with Gasteiger partial charge in [0.05, 0.1) is 5.92 Å². The van der Waals surface area contributed by atoms with Gasteiger partial charge in [0.2, 0.25) is 0 Å². The maximum atomic E-state index is 11.8. The number of carboxylic acids is 1. The number of piperidine rings is 1. The van der Waals surface area contributed by atoms with Gasteiger partial charge in [-0.2, -0.15) is 0 Å². The number of aliphatic carboxylic acids is 1. The number of carbonyl (C=O) groups is 2. The first kappa shape index (κ1) is 14.8. The highest BCUT2D eigenvalue weighted by Gasteiger charge is 2.31. The van der Waals surface area contributed by atoms with Crippen molar-refractivity contribution < 1.29 is 19.4 Å². The lowest BCUT2D eigenvalue weighted by Gasteiger charge is -2.34. The summed E-state index contributed by atoms with van der Waals surface area (Å²) in [6, 6.07) is 0. The average Bonchev–Trinajstić information content (AvgIpc) is 2.26. The number of carbonyl (C=O) groups excluding carboxylic acids is 1. The fourth-order valence-corrected chi connectivity index (χ4v) is 2.11. The molecule has 104 valence electrons. The minimum absolute atomic E-state index is 0.154. The molecular formula is C13H23NO4. The summed E-state index contributed by atoms with van der Waals surface area (Å²) in [7, 11) is 0. The molecule has 0 aromatic rings. The fourth-order valence-electron chi connectivity index (χ4n) is 2.11. The van der Waals surface area contributed by atoms with E-state index < -0.39 is 11.6 Å². The largest absolute Gasteiger partial charge is 0.481 e. The highest BCUT2D eigenvalue weighted by atomic mass is 16.6. The molecule has 0 radical (unpaired) electrons. The van der Waals surface area contributed by atoms with Crippen LogP contribution in [-0.4, -0.2) is 40.8 Å². The Labute approximate surface area is 108 Å². The third-order valence-electron chi connectivity index (χ3n) is 3.29. The number of nitrogens with zero attached hydrogens (tertiary/aromatic N) is 1. The molecule has 1 atom stereocenters. The van der Waals surface area contributed by atoms with Crippen LogP contribution >= 0.6 is 0 Å². The molecule has 1 fully saturated rings. The van der Waals surface area contributed by atoms with Crippen molar-refractivity contribution in [1.29, 1.82) is 0 Å². The first-order chi connectivity index (χ1) is 8.20. The molecule has 0 bridgehead atoms. The van der Waals surface area contributed by atoms with Crippen LogP contribution in [0.3, 0.4) is 0 Å². The maximum Gasteiger partial charge on any atom is 0.410 e. The number of ether oxygens (including phenoxy) is 1. The van der Waals surface area contributed by atoms with Crippen LogP contribution in [0.2, 0.25) is 0 Å². The van der Waals surface area contributed by atoms with Crippen LogP contribution in [0, 0.1) is 11.8 Å². The van der Waals surface area contributed by atoms with E-state index in [0.717, 1.165) is 12.8 Å². The highest BCUT2D eigenvalue weighted by Crippen LogP contribution is 2.26. The Hall–Kier alpha value is -1.26. The van der Waals surface area contributed by atoms with Gasteiger partial charge in [0.25, 0.3) is 0 Å². The lowest BCUT2D eigenvalue weighted by atomic mass is 9.85. The fraction of sp³-hybridized carbons (Fsp3) is 0.846. The Morgan fingerprint density at radius 2 is 1.78 bits per heavy atom. The summed E-state index contributed by atoms with van der Waals surface area (Å²) in [4.78, 5) is 24.4. The van der Waals surface area contributed by atoms with E-state index in [-0.39, 0.29) is 17.9 Å². The second kappa shape index (κ2) is 5.59. The monoisotopic (exact) mass is 257 g/mol. The molecule has 0 saturated carbocycles. The first-order valence-corrected chi connectivity index (χ1v) is 6.41. The molecule has 1 N–H and O–H groups in total. The summed E-state index contributed by atoms with van der Waals surface area (Å²) < 4.78 is 5.29. The SMILES string of the molecule is CC(C(=O)O)C1CCN(C(=O)OC(C)(C)C)CC1. The van der Waals surface area contributed by atoms with E-state index in [4.69, 9.17) is 9.84 Å². The lowest BCUT2D eigenvalue weighted by molar-refractivity contribution is -0.143. The smallest absolute Gasteiger partial charge is 0.410 e. The zero-order chi connectivity index (χ0) is 13.9. The summed E-state index contributed by atoms with van der Waals surface area (Å²) in [5, 5.41) is 8.96. The highest BCUT2D eigenvalue weighted by molar-refractivity contribution is 5.70. The molecule has 5 heteroatoms. The molecule has 1 aliphatic rings. The third kappa shape index (κ3) is 4.20. The topological polar surface area (TPSA) is 66.8 Å². The number of carboxylic acid groups (broad SMARTS) is 1. The van der Waals surface area contributed by atoms with Crippen LogP contribution in [0.4, 0.5) is 4.79 Å². The predicted octanol–water partition coefficient (Wildman–Crippen LogP) is 2.35. The molecule has 1 heterocycles. The Morgan fingerprint density at radius 1 is 1.28 bits per heavy atom. The number of hydrogen-bond acceptors (Lipinski definition) is 3. The number of likely N-dealkylation sites (tertiary alicyclic amines) is 1. The van der Waals surface area contributed by atoms with Gasteiger partial charge in [0.1, 0.15) is 5.60 Å². The van der Waals surface area contributed by atoms with Crippen LogP contribution in [0.15, 0.2) is 0 Å². The number of hydrogen-bond donors (Lipinski definition) is 1. The maximum absolute atomic E-state index is 11.8. The van der Waals surface area contributed by atoms with Gasteiger partial charge >= 0.3 is 12.1 Å². The van der Waals surface area contributed by atoms with Crippen molar-refractivity contribution in [3.8, 4) is 0 Å². The van der Waals surface area contributed by atoms with Gasteiger partial charge < -0.3 is 14.7 Å². The Balaban J connectivity index is 2.44. The number of rotatable bonds is 2. The van der Waals surface area contributed by atoms with E-state index in [9.17, 15) is 9.59 Å². The lowest BCUT2D eigenvalue weighted by Crippen LogP contribution is -2.43. The minimum atomic E-state index is -0.759. The van der Waals surface area contributed by atoms with Gasteiger partial charge in [-0.25, -0.2) is 4.79 Å². The van der Waals surface area contributed by atoms with Crippen molar-refractivity contribution in [3.05, 3.63) is 0 Å². The normalized spacial score (nSPS) is 19.4. The number of amides is 1. The Bertz CT molecular complexity index is 313. The van der Waals surface area contributed by atoms with Crippen molar-refractivity contribution in [1.82, 2.24) is 4.90 Å². The molecule has 0 aromatic carbocycles. The first-order valence-electron chi connectivity index (χ1n) is 6.41. The Morgan fingerprint density at radius 3 is 2.17 bits per heavy atom. The average molecular weight is 257 g/mol. The molecule has 18 heavy (non-hydrogen) atoms. The van der Waals surface area contributed by atoms with Crippen LogP contribution < -0.4 is 0 Å². The molecule has 0 aliphatic carbocycles. The van der Waals surface area contributed by atoms with Gasteiger partial charge in [0, 0.05) is 13.1 Å². The van der Waals surface area contributed by atoms with E-state index in [0.29, 0.717) is 13.1 Å². The zero-order valence-electron chi connectivity index (χ0n) is 11.6. The molecule has 1 amide bonds. The van der Waals surface area contributed by atoms with Gasteiger partial charge in [0.15, 0.2) is 0 Å². The van der Waals surface area contributed by atoms with Crippen molar-refractivity contribution in [2.24, 2.45) is 11.8 Å². The van der Waals surface area contributed by atoms with Crippen LogP contribution in [0.25, 0.3) is 0 Å². The van der Waals surface area contributed by atoms with E-state index >= 15 is 0 Å². The Kier molecular flexibility index (Phi) is 4.59.